The second kappa shape index (κ2) is 5.00. The average molecular weight is 298 g/mol. The summed E-state index contributed by atoms with van der Waals surface area (Å²) in [4.78, 5) is 4.33. The van der Waals surface area contributed by atoms with Crippen molar-refractivity contribution in [3.63, 3.8) is 0 Å². The van der Waals surface area contributed by atoms with Crippen LogP contribution in [0.1, 0.15) is 19.7 Å². The van der Waals surface area contributed by atoms with Crippen LogP contribution < -0.4 is 5.32 Å². The van der Waals surface area contributed by atoms with E-state index in [1.165, 1.54) is 0 Å². The van der Waals surface area contributed by atoms with E-state index in [0.717, 1.165) is 22.6 Å². The molecular formula is C11H16BrN5. The van der Waals surface area contributed by atoms with Crippen LogP contribution in [0.4, 0.5) is 5.82 Å². The molecule has 1 N–H and O–H groups in total. The lowest BCUT2D eigenvalue weighted by Gasteiger charge is -2.19. The predicted octanol–water partition coefficient (Wildman–Crippen LogP) is 2.26. The Kier molecular flexibility index (Phi) is 3.61. The summed E-state index contributed by atoms with van der Waals surface area (Å²) in [6.45, 7) is 6.25. The number of fused-ring (bicyclic) bond motifs is 1. The summed E-state index contributed by atoms with van der Waals surface area (Å²) in [7, 11) is 0. The molecule has 0 aliphatic carbocycles. The normalized spacial score (nSPS) is 14.8. The van der Waals surface area contributed by atoms with Gasteiger partial charge in [-0.25, -0.2) is 4.98 Å². The summed E-state index contributed by atoms with van der Waals surface area (Å²) in [6, 6.07) is 0.324. The molecule has 2 rings (SSSR count). The number of alkyl halides is 1. The van der Waals surface area contributed by atoms with E-state index in [2.05, 4.69) is 50.3 Å². The van der Waals surface area contributed by atoms with Crippen LogP contribution in [-0.4, -0.2) is 31.0 Å². The molecule has 2 atom stereocenters. The number of anilines is 1. The van der Waals surface area contributed by atoms with E-state index in [1.54, 1.807) is 6.20 Å². The lowest BCUT2D eigenvalue weighted by molar-refractivity contribution is 0.571. The first-order valence-corrected chi connectivity index (χ1v) is 6.74. The van der Waals surface area contributed by atoms with Gasteiger partial charge in [0.2, 0.25) is 5.65 Å². The first-order chi connectivity index (χ1) is 8.13. The van der Waals surface area contributed by atoms with E-state index in [9.17, 15) is 0 Å². The second-order valence-corrected chi connectivity index (χ2v) is 4.93. The molecule has 0 radical (unpaired) electrons. The molecule has 6 heteroatoms. The van der Waals surface area contributed by atoms with E-state index in [4.69, 9.17) is 0 Å². The minimum atomic E-state index is 0.324. The third-order valence-electron chi connectivity index (χ3n) is 2.96. The number of halogens is 1. The lowest BCUT2D eigenvalue weighted by atomic mass is 10.1. The quantitative estimate of drug-likeness (QED) is 0.880. The SMILES string of the molecule is Cc1nnc2c(NC(C)C(C)CBr)nccn12. The van der Waals surface area contributed by atoms with Crippen molar-refractivity contribution in [3.05, 3.63) is 18.2 Å². The molecule has 2 aromatic rings. The van der Waals surface area contributed by atoms with Gasteiger partial charge in [-0.15, -0.1) is 10.2 Å². The first-order valence-electron chi connectivity index (χ1n) is 5.62. The van der Waals surface area contributed by atoms with Crippen LogP contribution in [0.15, 0.2) is 12.4 Å². The third-order valence-corrected chi connectivity index (χ3v) is 3.98. The minimum Gasteiger partial charge on any atom is -0.364 e. The van der Waals surface area contributed by atoms with Gasteiger partial charge in [-0.1, -0.05) is 22.9 Å². The van der Waals surface area contributed by atoms with Crippen LogP contribution in [0.3, 0.4) is 0 Å². The summed E-state index contributed by atoms with van der Waals surface area (Å²) < 4.78 is 1.93. The zero-order chi connectivity index (χ0) is 12.4. The Labute approximate surface area is 109 Å². The molecule has 0 saturated heterocycles. The molecule has 0 fully saturated rings. The second-order valence-electron chi connectivity index (χ2n) is 4.28. The summed E-state index contributed by atoms with van der Waals surface area (Å²) >= 11 is 3.49. The van der Waals surface area contributed by atoms with Crippen molar-refractivity contribution in [1.29, 1.82) is 0 Å². The molecule has 2 heterocycles. The highest BCUT2D eigenvalue weighted by molar-refractivity contribution is 9.09. The highest BCUT2D eigenvalue weighted by Gasteiger charge is 2.14. The standard InChI is InChI=1S/C11H16BrN5/c1-7(6-12)8(2)14-10-11-16-15-9(3)17(11)5-4-13-10/h4-5,7-8H,6H2,1-3H3,(H,13,14). The highest BCUT2D eigenvalue weighted by atomic mass is 79.9. The van der Waals surface area contributed by atoms with Gasteiger partial charge < -0.3 is 5.32 Å². The van der Waals surface area contributed by atoms with Crippen molar-refractivity contribution in [2.24, 2.45) is 5.92 Å². The van der Waals surface area contributed by atoms with Crippen LogP contribution in [-0.2, 0) is 0 Å². The van der Waals surface area contributed by atoms with Gasteiger partial charge in [0.1, 0.15) is 5.82 Å². The Balaban J connectivity index is 2.30. The van der Waals surface area contributed by atoms with Crippen molar-refractivity contribution in [2.45, 2.75) is 26.8 Å². The molecule has 5 nitrogen and oxygen atoms in total. The van der Waals surface area contributed by atoms with Crippen LogP contribution in [0.25, 0.3) is 5.65 Å². The first kappa shape index (κ1) is 12.3. The Morgan fingerprint density at radius 1 is 1.41 bits per heavy atom. The summed E-state index contributed by atoms with van der Waals surface area (Å²) in [5, 5.41) is 12.5. The van der Waals surface area contributed by atoms with Crippen LogP contribution in [0.2, 0.25) is 0 Å². The molecule has 2 unspecified atom stereocenters. The summed E-state index contributed by atoms with van der Waals surface area (Å²) in [6.07, 6.45) is 3.63. The van der Waals surface area contributed by atoms with Gasteiger partial charge in [0.15, 0.2) is 5.82 Å². The maximum Gasteiger partial charge on any atom is 0.203 e. The molecule has 92 valence electrons. The largest absolute Gasteiger partial charge is 0.364 e. The Morgan fingerprint density at radius 3 is 2.88 bits per heavy atom. The number of rotatable bonds is 4. The number of aromatic nitrogens is 4. The van der Waals surface area contributed by atoms with Crippen molar-refractivity contribution in [3.8, 4) is 0 Å². The van der Waals surface area contributed by atoms with Crippen molar-refractivity contribution < 1.29 is 0 Å². The van der Waals surface area contributed by atoms with E-state index in [0.29, 0.717) is 12.0 Å². The highest BCUT2D eigenvalue weighted by Crippen LogP contribution is 2.16. The molecular weight excluding hydrogens is 282 g/mol. The lowest BCUT2D eigenvalue weighted by Crippen LogP contribution is -2.25. The summed E-state index contributed by atoms with van der Waals surface area (Å²) in [5.74, 6) is 2.17. The summed E-state index contributed by atoms with van der Waals surface area (Å²) in [5.41, 5.74) is 0.777. The van der Waals surface area contributed by atoms with Gasteiger partial charge in [-0.3, -0.25) is 4.40 Å². The minimum absolute atomic E-state index is 0.324. The van der Waals surface area contributed by atoms with E-state index >= 15 is 0 Å². The Bertz CT molecular complexity index is 510. The topological polar surface area (TPSA) is 55.1 Å². The number of hydrogen-bond acceptors (Lipinski definition) is 4. The molecule has 2 aromatic heterocycles. The van der Waals surface area contributed by atoms with Gasteiger partial charge in [-0.05, 0) is 19.8 Å². The van der Waals surface area contributed by atoms with Crippen molar-refractivity contribution in [2.75, 3.05) is 10.6 Å². The number of hydrogen-bond donors (Lipinski definition) is 1. The Morgan fingerprint density at radius 2 is 2.18 bits per heavy atom. The van der Waals surface area contributed by atoms with Crippen molar-refractivity contribution >= 4 is 27.4 Å². The van der Waals surface area contributed by atoms with E-state index < -0.39 is 0 Å². The average Bonchev–Trinajstić information content (AvgIpc) is 2.71. The van der Waals surface area contributed by atoms with E-state index in [1.807, 2.05) is 17.5 Å². The molecule has 0 saturated carbocycles. The third kappa shape index (κ3) is 2.41. The zero-order valence-electron chi connectivity index (χ0n) is 10.2. The maximum absolute atomic E-state index is 4.33. The van der Waals surface area contributed by atoms with E-state index in [-0.39, 0.29) is 0 Å². The fourth-order valence-corrected chi connectivity index (χ4v) is 2.10. The fourth-order valence-electron chi connectivity index (χ4n) is 1.53. The number of nitrogens with zero attached hydrogens (tertiary/aromatic N) is 4. The van der Waals surface area contributed by atoms with Crippen LogP contribution in [0.5, 0.6) is 0 Å². The van der Waals surface area contributed by atoms with Crippen LogP contribution in [0, 0.1) is 12.8 Å². The van der Waals surface area contributed by atoms with Crippen LogP contribution >= 0.6 is 15.9 Å². The van der Waals surface area contributed by atoms with Gasteiger partial charge in [0.05, 0.1) is 0 Å². The number of nitrogens with one attached hydrogen (secondary N) is 1. The van der Waals surface area contributed by atoms with Gasteiger partial charge in [-0.2, -0.15) is 0 Å². The predicted molar refractivity (Wildman–Crippen MR) is 71.6 cm³/mol. The molecule has 0 aromatic carbocycles. The molecule has 0 bridgehead atoms. The molecule has 0 amide bonds. The fraction of sp³-hybridized carbons (Fsp3) is 0.545. The molecule has 0 spiro atoms. The molecule has 17 heavy (non-hydrogen) atoms. The maximum atomic E-state index is 4.33. The zero-order valence-corrected chi connectivity index (χ0v) is 11.8. The smallest absolute Gasteiger partial charge is 0.203 e. The van der Waals surface area contributed by atoms with Gasteiger partial charge in [0, 0.05) is 23.8 Å². The molecule has 0 aliphatic rings. The number of aryl methyl sites for hydroxylation is 1. The Hall–Kier alpha value is -1.17. The van der Waals surface area contributed by atoms with Gasteiger partial charge >= 0.3 is 0 Å². The van der Waals surface area contributed by atoms with Crippen molar-refractivity contribution in [1.82, 2.24) is 19.6 Å². The van der Waals surface area contributed by atoms with Gasteiger partial charge in [0.25, 0.3) is 0 Å². The monoisotopic (exact) mass is 297 g/mol. The molecule has 0 aliphatic heterocycles.